The van der Waals surface area contributed by atoms with Gasteiger partial charge in [0.15, 0.2) is 0 Å². The molecule has 1 aromatic rings. The number of anilines is 2. The lowest BCUT2D eigenvalue weighted by atomic mass is 10.1. The van der Waals surface area contributed by atoms with Crippen LogP contribution in [-0.4, -0.2) is 40.4 Å². The Balaban J connectivity index is 2.03. The summed E-state index contributed by atoms with van der Waals surface area (Å²) in [6, 6.07) is 1.79. The first kappa shape index (κ1) is 11.9. The molecular weight excluding hydrogens is 242 g/mol. The molecule has 1 aromatic heterocycles. The smallest absolute Gasteiger partial charge is 0.223 e. The van der Waals surface area contributed by atoms with Crippen molar-refractivity contribution in [1.29, 1.82) is 0 Å². The molecule has 1 saturated heterocycles. The van der Waals surface area contributed by atoms with E-state index in [1.165, 1.54) is 0 Å². The Morgan fingerprint density at radius 1 is 1.59 bits per heavy atom. The van der Waals surface area contributed by atoms with E-state index in [-0.39, 0.29) is 17.9 Å². The maximum absolute atomic E-state index is 11.3. The Hall–Kier alpha value is -1.56. The highest BCUT2D eigenvalue weighted by Gasteiger charge is 2.22. The lowest BCUT2D eigenvalue weighted by Crippen LogP contribution is -2.43. The summed E-state index contributed by atoms with van der Waals surface area (Å²) in [6.45, 7) is 0.653. The molecule has 6 nitrogen and oxygen atoms in total. The second kappa shape index (κ2) is 4.75. The molecular formula is C10H14ClN5O. The first-order chi connectivity index (χ1) is 8.04. The van der Waals surface area contributed by atoms with E-state index in [2.05, 4.69) is 15.3 Å². The zero-order valence-corrected chi connectivity index (χ0v) is 10.2. The summed E-state index contributed by atoms with van der Waals surface area (Å²) in [7, 11) is 1.79. The molecule has 17 heavy (non-hydrogen) atoms. The molecule has 2 heterocycles. The molecule has 0 spiro atoms. The summed E-state index contributed by atoms with van der Waals surface area (Å²) < 4.78 is 0. The number of nitrogen functional groups attached to an aromatic ring is 1. The predicted molar refractivity (Wildman–Crippen MR) is 65.7 cm³/mol. The Morgan fingerprint density at radius 2 is 2.35 bits per heavy atom. The van der Waals surface area contributed by atoms with Gasteiger partial charge in [0.2, 0.25) is 11.9 Å². The summed E-state index contributed by atoms with van der Waals surface area (Å²) in [6.07, 6.45) is 1.33. The predicted octanol–water partition coefficient (Wildman–Crippen LogP) is 0.745. The molecule has 2 rings (SSSR count). The van der Waals surface area contributed by atoms with Gasteiger partial charge in [-0.05, 0) is 6.42 Å². The van der Waals surface area contributed by atoms with Crippen molar-refractivity contribution in [3.05, 3.63) is 11.2 Å². The van der Waals surface area contributed by atoms with Crippen LogP contribution in [0.5, 0.6) is 0 Å². The number of aromatic nitrogens is 2. The van der Waals surface area contributed by atoms with Gasteiger partial charge in [0.1, 0.15) is 11.0 Å². The van der Waals surface area contributed by atoms with Crippen molar-refractivity contribution >= 4 is 29.3 Å². The van der Waals surface area contributed by atoms with Crippen LogP contribution in [0.25, 0.3) is 0 Å². The molecule has 92 valence electrons. The van der Waals surface area contributed by atoms with Crippen LogP contribution in [0.4, 0.5) is 11.8 Å². The van der Waals surface area contributed by atoms with Crippen LogP contribution in [0.2, 0.25) is 5.15 Å². The summed E-state index contributed by atoms with van der Waals surface area (Å²) in [5.41, 5.74) is 5.50. The standard InChI is InChI=1S/C10H14ClN5O/c1-16-5-6(2-3-9(16)17)13-8-4-7(11)14-10(12)15-8/h4,6H,2-3,5H2,1H3,(H3,12,13,14,15). The van der Waals surface area contributed by atoms with Crippen molar-refractivity contribution in [2.24, 2.45) is 0 Å². The van der Waals surface area contributed by atoms with Crippen LogP contribution < -0.4 is 11.1 Å². The number of halogens is 1. The van der Waals surface area contributed by atoms with Crippen LogP contribution in [-0.2, 0) is 4.79 Å². The van der Waals surface area contributed by atoms with E-state index >= 15 is 0 Å². The molecule has 1 amide bonds. The molecule has 1 fully saturated rings. The molecule has 1 aliphatic heterocycles. The zero-order chi connectivity index (χ0) is 12.4. The molecule has 0 aromatic carbocycles. The van der Waals surface area contributed by atoms with Crippen molar-refractivity contribution in [3.8, 4) is 0 Å². The second-order valence-electron chi connectivity index (χ2n) is 4.09. The number of hydrogen-bond acceptors (Lipinski definition) is 5. The van der Waals surface area contributed by atoms with Crippen LogP contribution in [0.3, 0.4) is 0 Å². The van der Waals surface area contributed by atoms with Crippen LogP contribution in [0.1, 0.15) is 12.8 Å². The normalized spacial score (nSPS) is 20.5. The van der Waals surface area contributed by atoms with Gasteiger partial charge in [-0.3, -0.25) is 4.79 Å². The molecule has 7 heteroatoms. The second-order valence-corrected chi connectivity index (χ2v) is 4.48. The van der Waals surface area contributed by atoms with Crippen LogP contribution >= 0.6 is 11.6 Å². The Kier molecular flexibility index (Phi) is 3.33. The van der Waals surface area contributed by atoms with E-state index in [0.29, 0.717) is 23.9 Å². The van der Waals surface area contributed by atoms with Gasteiger partial charge in [0.25, 0.3) is 0 Å². The molecule has 3 N–H and O–H groups in total. The van der Waals surface area contributed by atoms with Gasteiger partial charge in [0, 0.05) is 32.1 Å². The van der Waals surface area contributed by atoms with Gasteiger partial charge in [-0.15, -0.1) is 0 Å². The average molecular weight is 256 g/mol. The van der Waals surface area contributed by atoms with Gasteiger partial charge in [-0.1, -0.05) is 11.6 Å². The number of carbonyl (C=O) groups is 1. The van der Waals surface area contributed by atoms with E-state index in [1.54, 1.807) is 18.0 Å². The van der Waals surface area contributed by atoms with Gasteiger partial charge in [-0.25, -0.2) is 4.98 Å². The van der Waals surface area contributed by atoms with E-state index in [4.69, 9.17) is 17.3 Å². The van der Waals surface area contributed by atoms with Crippen LogP contribution in [0.15, 0.2) is 6.07 Å². The fourth-order valence-electron chi connectivity index (χ4n) is 1.85. The largest absolute Gasteiger partial charge is 0.368 e. The van der Waals surface area contributed by atoms with Gasteiger partial charge in [-0.2, -0.15) is 4.98 Å². The number of nitrogens with one attached hydrogen (secondary N) is 1. The maximum Gasteiger partial charge on any atom is 0.223 e. The number of nitrogens with two attached hydrogens (primary N) is 1. The molecule has 1 atom stereocenters. The number of nitrogens with zero attached hydrogens (tertiary/aromatic N) is 3. The van der Waals surface area contributed by atoms with Crippen molar-refractivity contribution in [3.63, 3.8) is 0 Å². The quantitative estimate of drug-likeness (QED) is 0.762. The zero-order valence-electron chi connectivity index (χ0n) is 9.48. The third-order valence-corrected chi connectivity index (χ3v) is 2.88. The SMILES string of the molecule is CN1CC(Nc2cc(Cl)nc(N)n2)CCC1=O. The van der Waals surface area contributed by atoms with Gasteiger partial charge >= 0.3 is 0 Å². The first-order valence-electron chi connectivity index (χ1n) is 5.35. The Bertz CT molecular complexity index is 418. The fourth-order valence-corrected chi connectivity index (χ4v) is 2.04. The molecule has 0 radical (unpaired) electrons. The van der Waals surface area contributed by atoms with Crippen LogP contribution in [0, 0.1) is 0 Å². The summed E-state index contributed by atoms with van der Waals surface area (Å²) in [5, 5.41) is 3.51. The number of rotatable bonds is 2. The number of likely N-dealkylation sites (N-methyl/N-ethyl adjacent to an activating group) is 1. The topological polar surface area (TPSA) is 84.1 Å². The highest BCUT2D eigenvalue weighted by atomic mass is 35.5. The van der Waals surface area contributed by atoms with Crippen molar-refractivity contribution in [1.82, 2.24) is 14.9 Å². The minimum absolute atomic E-state index is 0.139. The first-order valence-corrected chi connectivity index (χ1v) is 5.73. The lowest BCUT2D eigenvalue weighted by molar-refractivity contribution is -0.132. The summed E-state index contributed by atoms with van der Waals surface area (Å²) >= 11 is 5.78. The fraction of sp³-hybridized carbons (Fsp3) is 0.500. The third-order valence-electron chi connectivity index (χ3n) is 2.69. The molecule has 0 saturated carbocycles. The number of hydrogen-bond donors (Lipinski definition) is 2. The van der Waals surface area contributed by atoms with E-state index in [9.17, 15) is 4.79 Å². The number of carbonyl (C=O) groups excluding carboxylic acids is 1. The number of piperidine rings is 1. The average Bonchev–Trinajstić information content (AvgIpc) is 2.22. The van der Waals surface area contributed by atoms with E-state index in [1.807, 2.05) is 0 Å². The maximum atomic E-state index is 11.3. The monoisotopic (exact) mass is 255 g/mol. The van der Waals surface area contributed by atoms with Crippen molar-refractivity contribution < 1.29 is 4.79 Å². The van der Waals surface area contributed by atoms with Crippen molar-refractivity contribution in [2.45, 2.75) is 18.9 Å². The summed E-state index contributed by atoms with van der Waals surface area (Å²) in [5.74, 6) is 0.902. The molecule has 0 bridgehead atoms. The number of likely N-dealkylation sites (tertiary alicyclic amines) is 1. The lowest BCUT2D eigenvalue weighted by Gasteiger charge is -2.30. The van der Waals surface area contributed by atoms with Gasteiger partial charge < -0.3 is 16.0 Å². The molecule has 1 unspecified atom stereocenters. The van der Waals surface area contributed by atoms with Crippen molar-refractivity contribution in [2.75, 3.05) is 24.6 Å². The highest BCUT2D eigenvalue weighted by molar-refractivity contribution is 6.29. The number of amides is 1. The third kappa shape index (κ3) is 2.97. The highest BCUT2D eigenvalue weighted by Crippen LogP contribution is 2.17. The summed E-state index contributed by atoms with van der Waals surface area (Å²) in [4.78, 5) is 20.9. The minimum Gasteiger partial charge on any atom is -0.368 e. The van der Waals surface area contributed by atoms with E-state index < -0.39 is 0 Å². The molecule has 0 aliphatic carbocycles. The Morgan fingerprint density at radius 3 is 3.00 bits per heavy atom. The van der Waals surface area contributed by atoms with E-state index in [0.717, 1.165) is 6.42 Å². The minimum atomic E-state index is 0.139. The van der Waals surface area contributed by atoms with Gasteiger partial charge in [0.05, 0.1) is 0 Å². The molecule has 1 aliphatic rings. The Labute approximate surface area is 104 Å².